The van der Waals surface area contributed by atoms with Crippen LogP contribution in [0.4, 0.5) is 0 Å². The Morgan fingerprint density at radius 3 is 2.54 bits per heavy atom. The van der Waals surface area contributed by atoms with Gasteiger partial charge in [-0.2, -0.15) is 0 Å². The van der Waals surface area contributed by atoms with E-state index in [-0.39, 0.29) is 11.9 Å². The summed E-state index contributed by atoms with van der Waals surface area (Å²) in [6, 6.07) is 19.9. The molecular formula is C22H23NO2S. The smallest absolute Gasteiger partial charge is 0.261 e. The maximum absolute atomic E-state index is 12.6. The number of aryl methyl sites for hydroxylation is 1. The van der Waals surface area contributed by atoms with E-state index in [4.69, 9.17) is 4.74 Å². The van der Waals surface area contributed by atoms with Crippen molar-refractivity contribution in [3.05, 3.63) is 87.6 Å². The predicted octanol–water partition coefficient (Wildman–Crippen LogP) is 5.52. The van der Waals surface area contributed by atoms with E-state index in [1.807, 2.05) is 41.8 Å². The second-order valence-electron chi connectivity index (χ2n) is 6.27. The van der Waals surface area contributed by atoms with Crippen molar-refractivity contribution in [2.45, 2.75) is 32.9 Å². The van der Waals surface area contributed by atoms with Crippen molar-refractivity contribution in [3.8, 4) is 5.75 Å². The first-order valence-corrected chi connectivity index (χ1v) is 9.66. The molecule has 1 aromatic heterocycles. The Balaban J connectivity index is 1.60. The fraction of sp³-hybridized carbons (Fsp3) is 0.227. The number of nitrogens with one attached hydrogen (secondary N) is 1. The number of carbonyl (C=O) groups is 1. The molecule has 0 fully saturated rings. The standard InChI is InChI=1S/C22H23NO2S/c1-3-20(18-11-9-16(2)10-12-18)23-22(24)21-13-17(15-26-21)14-25-19-7-5-4-6-8-19/h4-13,15,20H,3,14H2,1-2H3,(H,23,24). The van der Waals surface area contributed by atoms with Gasteiger partial charge in [0.05, 0.1) is 10.9 Å². The molecule has 1 amide bonds. The number of benzene rings is 2. The summed E-state index contributed by atoms with van der Waals surface area (Å²) in [6.07, 6.45) is 0.851. The first-order valence-electron chi connectivity index (χ1n) is 8.78. The molecule has 1 heterocycles. The third-order valence-corrected chi connectivity index (χ3v) is 5.20. The molecule has 2 aromatic carbocycles. The van der Waals surface area contributed by atoms with Crippen LogP contribution in [-0.2, 0) is 6.61 Å². The van der Waals surface area contributed by atoms with E-state index >= 15 is 0 Å². The minimum Gasteiger partial charge on any atom is -0.489 e. The highest BCUT2D eigenvalue weighted by Gasteiger charge is 2.15. The lowest BCUT2D eigenvalue weighted by Gasteiger charge is -2.17. The topological polar surface area (TPSA) is 38.3 Å². The van der Waals surface area contributed by atoms with Gasteiger partial charge >= 0.3 is 0 Å². The molecule has 1 unspecified atom stereocenters. The molecule has 3 nitrogen and oxygen atoms in total. The first-order chi connectivity index (χ1) is 12.7. The summed E-state index contributed by atoms with van der Waals surface area (Å²) in [6.45, 7) is 4.61. The van der Waals surface area contributed by atoms with Gasteiger partial charge in [0, 0.05) is 5.56 Å². The lowest BCUT2D eigenvalue weighted by molar-refractivity contribution is 0.0939. The summed E-state index contributed by atoms with van der Waals surface area (Å²) >= 11 is 1.45. The zero-order valence-electron chi connectivity index (χ0n) is 15.1. The molecule has 0 aliphatic carbocycles. The van der Waals surface area contributed by atoms with Crippen LogP contribution >= 0.6 is 11.3 Å². The molecule has 3 aromatic rings. The van der Waals surface area contributed by atoms with E-state index in [1.165, 1.54) is 16.9 Å². The molecule has 0 radical (unpaired) electrons. The Kier molecular flexibility index (Phi) is 6.08. The van der Waals surface area contributed by atoms with Gasteiger partial charge in [0.2, 0.25) is 0 Å². The van der Waals surface area contributed by atoms with E-state index in [2.05, 4.69) is 43.4 Å². The minimum atomic E-state index is -0.0339. The van der Waals surface area contributed by atoms with Crippen molar-refractivity contribution in [2.75, 3.05) is 0 Å². The first kappa shape index (κ1) is 18.2. The minimum absolute atomic E-state index is 0.0224. The van der Waals surface area contributed by atoms with Crippen LogP contribution in [0.3, 0.4) is 0 Å². The molecular weight excluding hydrogens is 342 g/mol. The second-order valence-corrected chi connectivity index (χ2v) is 7.18. The molecule has 134 valence electrons. The Hall–Kier alpha value is -2.59. The number of rotatable bonds is 7. The normalized spacial score (nSPS) is 11.8. The van der Waals surface area contributed by atoms with Crippen LogP contribution in [0.1, 0.15) is 45.7 Å². The van der Waals surface area contributed by atoms with Gasteiger partial charge in [-0.1, -0.05) is 55.0 Å². The van der Waals surface area contributed by atoms with Crippen LogP contribution in [0.5, 0.6) is 5.75 Å². The Bertz CT molecular complexity index is 840. The zero-order valence-corrected chi connectivity index (χ0v) is 15.9. The summed E-state index contributed by atoms with van der Waals surface area (Å²) in [5.74, 6) is 0.795. The molecule has 0 saturated carbocycles. The summed E-state index contributed by atoms with van der Waals surface area (Å²) in [5, 5.41) is 5.11. The average molecular weight is 365 g/mol. The van der Waals surface area contributed by atoms with Gasteiger partial charge in [0.1, 0.15) is 12.4 Å². The second kappa shape index (κ2) is 8.68. The number of amides is 1. The SMILES string of the molecule is CCC(NC(=O)c1cc(COc2ccccc2)cs1)c1ccc(C)cc1. The molecule has 26 heavy (non-hydrogen) atoms. The molecule has 1 N–H and O–H groups in total. The van der Waals surface area contributed by atoms with Crippen molar-refractivity contribution in [3.63, 3.8) is 0 Å². The van der Waals surface area contributed by atoms with Gasteiger partial charge in [-0.05, 0) is 42.5 Å². The highest BCUT2D eigenvalue weighted by Crippen LogP contribution is 2.21. The molecule has 0 aliphatic heterocycles. The van der Waals surface area contributed by atoms with Crippen molar-refractivity contribution in [2.24, 2.45) is 0 Å². The number of hydrogen-bond donors (Lipinski definition) is 1. The van der Waals surface area contributed by atoms with Gasteiger partial charge in [0.15, 0.2) is 0 Å². The van der Waals surface area contributed by atoms with Gasteiger partial charge in [0.25, 0.3) is 5.91 Å². The van der Waals surface area contributed by atoms with Crippen molar-refractivity contribution >= 4 is 17.2 Å². The molecule has 0 bridgehead atoms. The summed E-state index contributed by atoms with van der Waals surface area (Å²) in [5.41, 5.74) is 3.36. The number of ether oxygens (including phenoxy) is 1. The number of thiophene rings is 1. The van der Waals surface area contributed by atoms with Crippen molar-refractivity contribution in [1.82, 2.24) is 5.32 Å². The number of carbonyl (C=O) groups excluding carboxylic acids is 1. The molecule has 1 atom stereocenters. The molecule has 4 heteroatoms. The van der Waals surface area contributed by atoms with Gasteiger partial charge in [-0.15, -0.1) is 11.3 Å². The highest BCUT2D eigenvalue weighted by atomic mass is 32.1. The fourth-order valence-corrected chi connectivity index (χ4v) is 3.50. The molecule has 3 rings (SSSR count). The quantitative estimate of drug-likeness (QED) is 0.599. The highest BCUT2D eigenvalue weighted by molar-refractivity contribution is 7.12. The monoisotopic (exact) mass is 365 g/mol. The fourth-order valence-electron chi connectivity index (χ4n) is 2.70. The van der Waals surface area contributed by atoms with Crippen LogP contribution < -0.4 is 10.1 Å². The lowest BCUT2D eigenvalue weighted by atomic mass is 10.0. The predicted molar refractivity (Wildman–Crippen MR) is 107 cm³/mol. The van der Waals surface area contributed by atoms with Crippen molar-refractivity contribution in [1.29, 1.82) is 0 Å². The maximum atomic E-state index is 12.6. The van der Waals surface area contributed by atoms with E-state index in [9.17, 15) is 4.79 Å². The summed E-state index contributed by atoms with van der Waals surface area (Å²) in [7, 11) is 0. The van der Waals surface area contributed by atoms with Gasteiger partial charge in [-0.25, -0.2) is 0 Å². The van der Waals surface area contributed by atoms with Gasteiger partial charge < -0.3 is 10.1 Å². The lowest BCUT2D eigenvalue weighted by Crippen LogP contribution is -2.27. The van der Waals surface area contributed by atoms with Crippen LogP contribution in [0, 0.1) is 6.92 Å². The van der Waals surface area contributed by atoms with Crippen LogP contribution in [-0.4, -0.2) is 5.91 Å². The largest absolute Gasteiger partial charge is 0.489 e. The van der Waals surface area contributed by atoms with Crippen LogP contribution in [0.2, 0.25) is 0 Å². The zero-order chi connectivity index (χ0) is 18.4. The van der Waals surface area contributed by atoms with E-state index in [1.54, 1.807) is 0 Å². The third kappa shape index (κ3) is 4.73. The summed E-state index contributed by atoms with van der Waals surface area (Å²) in [4.78, 5) is 13.3. The van der Waals surface area contributed by atoms with Crippen LogP contribution in [0.25, 0.3) is 0 Å². The third-order valence-electron chi connectivity index (χ3n) is 4.22. The molecule has 0 spiro atoms. The molecule has 0 saturated heterocycles. The van der Waals surface area contributed by atoms with E-state index in [0.29, 0.717) is 11.5 Å². The average Bonchev–Trinajstić information content (AvgIpc) is 3.15. The maximum Gasteiger partial charge on any atom is 0.261 e. The van der Waals surface area contributed by atoms with Gasteiger partial charge in [-0.3, -0.25) is 4.79 Å². The number of para-hydroxylation sites is 1. The van der Waals surface area contributed by atoms with E-state index < -0.39 is 0 Å². The Labute approximate surface area is 158 Å². The number of hydrogen-bond acceptors (Lipinski definition) is 3. The van der Waals surface area contributed by atoms with Crippen molar-refractivity contribution < 1.29 is 9.53 Å². The molecule has 0 aliphatic rings. The Morgan fingerprint density at radius 2 is 1.85 bits per heavy atom. The Morgan fingerprint density at radius 1 is 1.12 bits per heavy atom. The summed E-state index contributed by atoms with van der Waals surface area (Å²) < 4.78 is 5.74. The van der Waals surface area contributed by atoms with E-state index in [0.717, 1.165) is 23.3 Å². The van der Waals surface area contributed by atoms with Crippen LogP contribution in [0.15, 0.2) is 66.0 Å².